The van der Waals surface area contributed by atoms with Gasteiger partial charge in [0, 0.05) is 18.3 Å². The molecule has 1 fully saturated rings. The highest BCUT2D eigenvalue weighted by Crippen LogP contribution is 2.28. The van der Waals surface area contributed by atoms with Gasteiger partial charge in [-0.2, -0.15) is 0 Å². The van der Waals surface area contributed by atoms with Crippen molar-refractivity contribution < 1.29 is 5.11 Å². The van der Waals surface area contributed by atoms with Gasteiger partial charge in [0.15, 0.2) is 0 Å². The summed E-state index contributed by atoms with van der Waals surface area (Å²) in [6.45, 7) is 1.24. The van der Waals surface area contributed by atoms with Gasteiger partial charge in [-0.05, 0) is 30.2 Å². The number of hydrogen-bond donors (Lipinski definition) is 1. The summed E-state index contributed by atoms with van der Waals surface area (Å²) in [6, 6.07) is 8.32. The van der Waals surface area contributed by atoms with Gasteiger partial charge in [-0.3, -0.25) is 0 Å². The predicted molar refractivity (Wildman–Crippen MR) is 69.8 cm³/mol. The topological polar surface area (TPSA) is 25.2 Å². The van der Waals surface area contributed by atoms with Crippen LogP contribution in [0.25, 0.3) is 10.9 Å². The van der Waals surface area contributed by atoms with Crippen LogP contribution >= 0.6 is 0 Å². The quantitative estimate of drug-likeness (QED) is 0.858. The number of hydrogen-bond acceptors (Lipinski definition) is 1. The van der Waals surface area contributed by atoms with E-state index in [1.54, 1.807) is 0 Å². The van der Waals surface area contributed by atoms with Crippen LogP contribution < -0.4 is 0 Å². The minimum Gasteiger partial charge on any atom is -0.392 e. The van der Waals surface area contributed by atoms with Gasteiger partial charge in [0.1, 0.15) is 0 Å². The summed E-state index contributed by atoms with van der Waals surface area (Å²) < 4.78 is 2.33. The lowest BCUT2D eigenvalue weighted by Crippen LogP contribution is -2.07. The van der Waals surface area contributed by atoms with Crippen LogP contribution in [0.4, 0.5) is 0 Å². The molecule has 0 spiro atoms. The molecule has 1 heterocycles. The summed E-state index contributed by atoms with van der Waals surface area (Å²) in [5.74, 6) is 0.831. The van der Waals surface area contributed by atoms with Crippen LogP contribution in [-0.4, -0.2) is 9.67 Å². The van der Waals surface area contributed by atoms with Gasteiger partial charge in [0.25, 0.3) is 0 Å². The fourth-order valence-corrected chi connectivity index (χ4v) is 3.09. The van der Waals surface area contributed by atoms with Crippen molar-refractivity contribution in [3.05, 3.63) is 36.0 Å². The van der Waals surface area contributed by atoms with Crippen LogP contribution in [0, 0.1) is 5.92 Å². The first-order valence-corrected chi connectivity index (χ1v) is 6.56. The highest BCUT2D eigenvalue weighted by molar-refractivity contribution is 5.83. The summed E-state index contributed by atoms with van der Waals surface area (Å²) in [5, 5.41) is 10.7. The Labute approximate surface area is 102 Å². The first-order valence-electron chi connectivity index (χ1n) is 6.56. The van der Waals surface area contributed by atoms with Crippen LogP contribution in [-0.2, 0) is 13.2 Å². The molecular weight excluding hydrogens is 210 g/mol. The Morgan fingerprint density at radius 1 is 1.18 bits per heavy atom. The molecule has 0 amide bonds. The highest BCUT2D eigenvalue weighted by atomic mass is 16.3. The van der Waals surface area contributed by atoms with Crippen molar-refractivity contribution >= 4 is 10.9 Å². The van der Waals surface area contributed by atoms with Crippen molar-refractivity contribution in [2.24, 2.45) is 5.92 Å². The van der Waals surface area contributed by atoms with Crippen LogP contribution in [0.5, 0.6) is 0 Å². The minimum atomic E-state index is 0.131. The highest BCUT2D eigenvalue weighted by Gasteiger charge is 2.16. The zero-order valence-electron chi connectivity index (χ0n) is 10.1. The maximum Gasteiger partial charge on any atom is 0.0702 e. The number of aliphatic hydroxyl groups excluding tert-OH is 1. The molecule has 1 N–H and O–H groups in total. The standard InChI is InChI=1S/C15H19NO/c17-11-14-7-3-6-13-8-9-16(15(13)14)10-12-4-1-2-5-12/h3,6-9,12,17H,1-2,4-5,10-11H2. The zero-order chi connectivity index (χ0) is 11.7. The molecule has 1 aromatic carbocycles. The zero-order valence-corrected chi connectivity index (χ0v) is 10.1. The molecule has 1 saturated carbocycles. The van der Waals surface area contributed by atoms with Crippen LogP contribution in [0.1, 0.15) is 31.2 Å². The Hall–Kier alpha value is -1.28. The summed E-state index contributed by atoms with van der Waals surface area (Å²) in [6.07, 6.45) is 7.66. The lowest BCUT2D eigenvalue weighted by molar-refractivity contribution is 0.282. The average Bonchev–Trinajstić information content (AvgIpc) is 2.99. The predicted octanol–water partition coefficient (Wildman–Crippen LogP) is 3.32. The maximum atomic E-state index is 9.43. The average molecular weight is 229 g/mol. The molecule has 0 aliphatic heterocycles. The second kappa shape index (κ2) is 4.53. The van der Waals surface area contributed by atoms with Crippen molar-refractivity contribution in [3.63, 3.8) is 0 Å². The third-order valence-electron chi connectivity index (χ3n) is 3.97. The molecule has 0 unspecified atom stereocenters. The Morgan fingerprint density at radius 2 is 2.00 bits per heavy atom. The van der Waals surface area contributed by atoms with E-state index < -0.39 is 0 Å². The molecule has 0 radical (unpaired) electrons. The van der Waals surface area contributed by atoms with Crippen LogP contribution in [0.3, 0.4) is 0 Å². The molecule has 2 heteroatoms. The number of fused-ring (bicyclic) bond motifs is 1. The number of rotatable bonds is 3. The molecule has 2 nitrogen and oxygen atoms in total. The van der Waals surface area contributed by atoms with E-state index in [0.29, 0.717) is 0 Å². The maximum absolute atomic E-state index is 9.43. The Kier molecular flexibility index (Phi) is 2.89. The summed E-state index contributed by atoms with van der Waals surface area (Å²) >= 11 is 0. The molecule has 90 valence electrons. The van der Waals surface area contributed by atoms with Gasteiger partial charge in [-0.15, -0.1) is 0 Å². The van der Waals surface area contributed by atoms with Gasteiger partial charge < -0.3 is 9.67 Å². The minimum absolute atomic E-state index is 0.131. The van der Waals surface area contributed by atoms with E-state index in [4.69, 9.17) is 0 Å². The fourth-order valence-electron chi connectivity index (χ4n) is 3.09. The van der Waals surface area contributed by atoms with Crippen molar-refractivity contribution in [1.82, 2.24) is 4.57 Å². The number of aliphatic hydroxyl groups is 1. The molecule has 1 aliphatic rings. The lowest BCUT2D eigenvalue weighted by Gasteiger charge is -2.13. The molecule has 1 aliphatic carbocycles. The van der Waals surface area contributed by atoms with Gasteiger partial charge in [0.05, 0.1) is 12.1 Å². The molecule has 17 heavy (non-hydrogen) atoms. The van der Waals surface area contributed by atoms with E-state index in [0.717, 1.165) is 18.0 Å². The summed E-state index contributed by atoms with van der Waals surface area (Å²) in [4.78, 5) is 0. The normalized spacial score (nSPS) is 17.0. The van der Waals surface area contributed by atoms with E-state index in [1.165, 1.54) is 36.6 Å². The Balaban J connectivity index is 1.98. The largest absolute Gasteiger partial charge is 0.392 e. The van der Waals surface area contributed by atoms with Crippen LogP contribution in [0.2, 0.25) is 0 Å². The third kappa shape index (κ3) is 1.98. The molecule has 0 saturated heterocycles. The van der Waals surface area contributed by atoms with E-state index in [1.807, 2.05) is 12.1 Å². The molecule has 2 aromatic rings. The van der Waals surface area contributed by atoms with Crippen molar-refractivity contribution in [1.29, 1.82) is 0 Å². The number of para-hydroxylation sites is 1. The van der Waals surface area contributed by atoms with Gasteiger partial charge >= 0.3 is 0 Å². The summed E-state index contributed by atoms with van der Waals surface area (Å²) in [7, 11) is 0. The first-order chi connectivity index (χ1) is 8.38. The summed E-state index contributed by atoms with van der Waals surface area (Å²) in [5.41, 5.74) is 2.27. The Morgan fingerprint density at radius 3 is 2.76 bits per heavy atom. The van der Waals surface area contributed by atoms with E-state index in [9.17, 15) is 5.11 Å². The number of benzene rings is 1. The van der Waals surface area contributed by atoms with Gasteiger partial charge in [-0.25, -0.2) is 0 Å². The van der Waals surface area contributed by atoms with Crippen LogP contribution in [0.15, 0.2) is 30.5 Å². The fraction of sp³-hybridized carbons (Fsp3) is 0.467. The number of nitrogens with zero attached hydrogens (tertiary/aromatic N) is 1. The monoisotopic (exact) mass is 229 g/mol. The van der Waals surface area contributed by atoms with E-state index >= 15 is 0 Å². The van der Waals surface area contributed by atoms with Crippen molar-refractivity contribution in [2.75, 3.05) is 0 Å². The lowest BCUT2D eigenvalue weighted by atomic mass is 10.1. The second-order valence-corrected chi connectivity index (χ2v) is 5.13. The van der Waals surface area contributed by atoms with Gasteiger partial charge in [0.2, 0.25) is 0 Å². The van der Waals surface area contributed by atoms with Gasteiger partial charge in [-0.1, -0.05) is 31.0 Å². The molecule has 3 rings (SSSR count). The third-order valence-corrected chi connectivity index (χ3v) is 3.97. The second-order valence-electron chi connectivity index (χ2n) is 5.13. The Bertz CT molecular complexity index is 509. The van der Waals surface area contributed by atoms with E-state index in [-0.39, 0.29) is 6.61 Å². The molecule has 0 bridgehead atoms. The van der Waals surface area contributed by atoms with E-state index in [2.05, 4.69) is 22.9 Å². The van der Waals surface area contributed by atoms with Crippen molar-refractivity contribution in [3.8, 4) is 0 Å². The van der Waals surface area contributed by atoms with Crippen molar-refractivity contribution in [2.45, 2.75) is 38.8 Å². The molecular formula is C15H19NO. The smallest absolute Gasteiger partial charge is 0.0702 e. The SMILES string of the molecule is OCc1cccc2ccn(CC3CCCC3)c12. The first kappa shape index (κ1) is 10.8. The molecule has 0 atom stereocenters. The number of aromatic nitrogens is 1. The molecule has 1 aromatic heterocycles.